The third-order valence-corrected chi connectivity index (χ3v) is 3.36. The van der Waals surface area contributed by atoms with Gasteiger partial charge in [-0.05, 0) is 0 Å². The number of epoxide rings is 1. The fourth-order valence-electron chi connectivity index (χ4n) is 2.43. The van der Waals surface area contributed by atoms with Crippen molar-refractivity contribution in [3.63, 3.8) is 0 Å². The molecule has 2 saturated heterocycles. The van der Waals surface area contributed by atoms with E-state index < -0.39 is 0 Å². The number of ether oxygens (including phenoxy) is 2. The molecule has 2 aliphatic heterocycles. The number of nitrogens with two attached hydrogens (primary N) is 1. The molecule has 0 aromatic carbocycles. The van der Waals surface area contributed by atoms with E-state index in [9.17, 15) is 0 Å². The van der Waals surface area contributed by atoms with Gasteiger partial charge >= 0.3 is 0 Å². The summed E-state index contributed by atoms with van der Waals surface area (Å²) < 4.78 is 12.9. The monoisotopic (exact) mass is 249 g/mol. The highest BCUT2D eigenvalue weighted by Crippen LogP contribution is 2.45. The number of nitrogen functional groups attached to an aromatic ring is 1. The summed E-state index contributed by atoms with van der Waals surface area (Å²) in [5.74, 6) is 0.337. The SMILES string of the molecule is Nc1ncnc2c1ncn2[C@@H]1O[C@H](CO)C2OC21. The quantitative estimate of drug-likeness (QED) is 0.661. The van der Waals surface area contributed by atoms with Gasteiger partial charge in [0.2, 0.25) is 0 Å². The minimum absolute atomic E-state index is 0.0309. The van der Waals surface area contributed by atoms with E-state index in [4.69, 9.17) is 20.3 Å². The van der Waals surface area contributed by atoms with Crippen molar-refractivity contribution in [2.45, 2.75) is 24.5 Å². The van der Waals surface area contributed by atoms with E-state index in [1.165, 1.54) is 6.33 Å². The Morgan fingerprint density at radius 2 is 2.17 bits per heavy atom. The van der Waals surface area contributed by atoms with Crippen molar-refractivity contribution in [3.05, 3.63) is 12.7 Å². The molecule has 2 unspecified atom stereocenters. The molecule has 3 N–H and O–H groups in total. The van der Waals surface area contributed by atoms with Gasteiger partial charge in [-0.1, -0.05) is 0 Å². The van der Waals surface area contributed by atoms with E-state index in [0.29, 0.717) is 17.0 Å². The van der Waals surface area contributed by atoms with Crippen molar-refractivity contribution in [2.24, 2.45) is 0 Å². The Kier molecular flexibility index (Phi) is 1.91. The molecule has 8 heteroatoms. The lowest BCUT2D eigenvalue weighted by Crippen LogP contribution is -2.22. The van der Waals surface area contributed by atoms with Gasteiger partial charge in [-0.2, -0.15) is 0 Å². The first-order valence-electron chi connectivity index (χ1n) is 5.64. The van der Waals surface area contributed by atoms with E-state index >= 15 is 0 Å². The highest BCUT2D eigenvalue weighted by Gasteiger charge is 2.58. The number of anilines is 1. The van der Waals surface area contributed by atoms with Crippen molar-refractivity contribution < 1.29 is 14.6 Å². The minimum Gasteiger partial charge on any atom is -0.394 e. The third kappa shape index (κ3) is 1.22. The maximum Gasteiger partial charge on any atom is 0.167 e. The van der Waals surface area contributed by atoms with Crippen molar-refractivity contribution in [2.75, 3.05) is 12.3 Å². The molecule has 4 heterocycles. The molecule has 2 aromatic rings. The van der Waals surface area contributed by atoms with E-state index in [1.807, 2.05) is 0 Å². The zero-order chi connectivity index (χ0) is 12.3. The summed E-state index contributed by atoms with van der Waals surface area (Å²) in [7, 11) is 0. The number of hydrogen-bond acceptors (Lipinski definition) is 7. The van der Waals surface area contributed by atoms with Gasteiger partial charge in [0.05, 0.1) is 12.9 Å². The maximum absolute atomic E-state index is 9.16. The Balaban J connectivity index is 1.78. The van der Waals surface area contributed by atoms with Crippen LogP contribution in [0, 0.1) is 0 Å². The van der Waals surface area contributed by atoms with Gasteiger partial charge in [0, 0.05) is 0 Å². The van der Waals surface area contributed by atoms with Gasteiger partial charge in [-0.3, -0.25) is 4.57 Å². The zero-order valence-corrected chi connectivity index (χ0v) is 9.30. The number of aliphatic hydroxyl groups is 1. The summed E-state index contributed by atoms with van der Waals surface area (Å²) in [5, 5.41) is 9.16. The summed E-state index contributed by atoms with van der Waals surface area (Å²) in [6, 6.07) is 0. The molecule has 0 radical (unpaired) electrons. The predicted molar refractivity (Wildman–Crippen MR) is 59.4 cm³/mol. The summed E-state index contributed by atoms with van der Waals surface area (Å²) in [6.07, 6.45) is 2.33. The molecule has 2 aliphatic rings. The molecule has 2 aromatic heterocycles. The fourth-order valence-corrected chi connectivity index (χ4v) is 2.43. The first-order chi connectivity index (χ1) is 8.79. The molecule has 2 fully saturated rings. The highest BCUT2D eigenvalue weighted by molar-refractivity contribution is 5.81. The average molecular weight is 249 g/mol. The van der Waals surface area contributed by atoms with Gasteiger partial charge < -0.3 is 20.3 Å². The summed E-state index contributed by atoms with van der Waals surface area (Å²) in [6.45, 7) is -0.0541. The zero-order valence-electron chi connectivity index (χ0n) is 9.30. The summed E-state index contributed by atoms with van der Waals surface area (Å²) in [5.41, 5.74) is 6.89. The van der Waals surface area contributed by atoms with Crippen LogP contribution in [-0.4, -0.2) is 49.5 Å². The Morgan fingerprint density at radius 3 is 2.94 bits per heavy atom. The topological polar surface area (TPSA) is 112 Å². The van der Waals surface area contributed by atoms with E-state index in [0.717, 1.165) is 0 Å². The van der Waals surface area contributed by atoms with Crippen LogP contribution in [0.4, 0.5) is 5.82 Å². The van der Waals surface area contributed by atoms with E-state index in [1.54, 1.807) is 10.9 Å². The molecule has 0 aliphatic carbocycles. The van der Waals surface area contributed by atoms with Crippen molar-refractivity contribution in [1.82, 2.24) is 19.5 Å². The van der Waals surface area contributed by atoms with Crippen molar-refractivity contribution in [3.8, 4) is 0 Å². The fraction of sp³-hybridized carbons (Fsp3) is 0.500. The summed E-state index contributed by atoms with van der Waals surface area (Å²) >= 11 is 0. The van der Waals surface area contributed by atoms with Crippen LogP contribution in [0.5, 0.6) is 0 Å². The molecule has 0 amide bonds. The number of aromatic nitrogens is 4. The Morgan fingerprint density at radius 1 is 1.28 bits per heavy atom. The standard InChI is InChI=1S/C10H11N5O3/c11-8-5-9(13-2-12-8)15(3-14-5)10-7-6(18-7)4(1-16)17-10/h2-4,6-7,10,16H,1H2,(H2,11,12,13)/t4-,6?,7?,10-/m1/s1. The van der Waals surface area contributed by atoms with E-state index in [-0.39, 0.29) is 31.1 Å². The average Bonchev–Trinajstić information content (AvgIpc) is 2.91. The Labute approximate surface area is 101 Å². The van der Waals surface area contributed by atoms with Gasteiger partial charge in [-0.25, -0.2) is 15.0 Å². The maximum atomic E-state index is 9.16. The number of rotatable bonds is 2. The molecular weight excluding hydrogens is 238 g/mol. The molecule has 4 atom stereocenters. The molecule has 18 heavy (non-hydrogen) atoms. The largest absolute Gasteiger partial charge is 0.394 e. The molecule has 94 valence electrons. The number of nitrogens with zero attached hydrogens (tertiary/aromatic N) is 4. The second-order valence-electron chi connectivity index (χ2n) is 4.40. The normalized spacial score (nSPS) is 33.8. The number of imidazole rings is 1. The van der Waals surface area contributed by atoms with Crippen LogP contribution in [0.3, 0.4) is 0 Å². The van der Waals surface area contributed by atoms with Crippen LogP contribution in [0.15, 0.2) is 12.7 Å². The predicted octanol–water partition coefficient (Wildman–Crippen LogP) is -0.934. The molecule has 8 nitrogen and oxygen atoms in total. The van der Waals surface area contributed by atoms with Gasteiger partial charge in [-0.15, -0.1) is 0 Å². The van der Waals surface area contributed by atoms with Gasteiger partial charge in [0.15, 0.2) is 17.7 Å². The van der Waals surface area contributed by atoms with Crippen LogP contribution in [0.2, 0.25) is 0 Å². The summed E-state index contributed by atoms with van der Waals surface area (Å²) in [4.78, 5) is 12.2. The minimum atomic E-state index is -0.313. The molecule has 0 saturated carbocycles. The molecule has 0 bridgehead atoms. The van der Waals surface area contributed by atoms with Crippen LogP contribution in [0.1, 0.15) is 6.23 Å². The number of aliphatic hydroxyl groups excluding tert-OH is 1. The lowest BCUT2D eigenvalue weighted by atomic mass is 10.2. The number of hydrogen-bond donors (Lipinski definition) is 2. The second kappa shape index (κ2) is 3.37. The highest BCUT2D eigenvalue weighted by atomic mass is 16.7. The Hall–Kier alpha value is -1.77. The lowest BCUT2D eigenvalue weighted by Gasteiger charge is -2.17. The van der Waals surface area contributed by atoms with Crippen LogP contribution in [0.25, 0.3) is 11.2 Å². The molecular formula is C10H11N5O3. The van der Waals surface area contributed by atoms with Crippen LogP contribution in [-0.2, 0) is 9.47 Å². The lowest BCUT2D eigenvalue weighted by molar-refractivity contribution is -0.0823. The first kappa shape index (κ1) is 10.2. The number of fused-ring (bicyclic) bond motifs is 2. The smallest absolute Gasteiger partial charge is 0.167 e. The first-order valence-corrected chi connectivity index (χ1v) is 5.64. The van der Waals surface area contributed by atoms with Gasteiger partial charge in [0.1, 0.15) is 30.2 Å². The second-order valence-corrected chi connectivity index (χ2v) is 4.40. The molecule has 4 rings (SSSR count). The van der Waals surface area contributed by atoms with Crippen molar-refractivity contribution in [1.29, 1.82) is 0 Å². The van der Waals surface area contributed by atoms with Crippen LogP contribution >= 0.6 is 0 Å². The van der Waals surface area contributed by atoms with Crippen molar-refractivity contribution >= 4 is 17.0 Å². The molecule has 0 spiro atoms. The third-order valence-electron chi connectivity index (χ3n) is 3.36. The van der Waals surface area contributed by atoms with Gasteiger partial charge in [0.25, 0.3) is 0 Å². The Bertz CT molecular complexity index is 615. The van der Waals surface area contributed by atoms with Crippen LogP contribution < -0.4 is 5.73 Å². The van der Waals surface area contributed by atoms with E-state index in [2.05, 4.69) is 15.0 Å².